The summed E-state index contributed by atoms with van der Waals surface area (Å²) >= 11 is 0. The molecule has 1 aromatic rings. The highest BCUT2D eigenvalue weighted by Crippen LogP contribution is 2.53. The van der Waals surface area contributed by atoms with E-state index in [1.165, 1.54) is 32.1 Å². The monoisotopic (exact) mass is 483 g/mol. The molecule has 35 heavy (non-hydrogen) atoms. The number of methoxy groups -OCH3 is 1. The third-order valence-corrected chi connectivity index (χ3v) is 8.75. The first-order valence-electron chi connectivity index (χ1n) is 13.1. The summed E-state index contributed by atoms with van der Waals surface area (Å²) in [7, 11) is 1.59. The molecular weight excluding hydrogens is 446 g/mol. The Labute approximate surface area is 206 Å². The Balaban J connectivity index is 1.27. The zero-order valence-electron chi connectivity index (χ0n) is 20.4. The molecule has 1 aromatic carbocycles. The highest BCUT2D eigenvalue weighted by Gasteiger charge is 2.49. The first-order valence-corrected chi connectivity index (χ1v) is 13.1. The first kappa shape index (κ1) is 24.1. The predicted octanol–water partition coefficient (Wildman–Crippen LogP) is 1.65. The van der Waals surface area contributed by atoms with E-state index < -0.39 is 24.6 Å². The minimum Gasteiger partial charge on any atom is -0.497 e. The molecule has 190 valence electrons. The van der Waals surface area contributed by atoms with Crippen LogP contribution in [0.3, 0.4) is 0 Å². The van der Waals surface area contributed by atoms with Crippen molar-refractivity contribution in [3.05, 3.63) is 29.8 Å². The molecule has 4 aliphatic carbocycles. The number of aliphatic hydroxyl groups excluding tert-OH is 1. The number of carbonyl (C=O) groups excluding carboxylic acids is 3. The van der Waals surface area contributed by atoms with Crippen LogP contribution in [-0.2, 0) is 20.8 Å². The molecule has 4 saturated carbocycles. The van der Waals surface area contributed by atoms with E-state index in [0.29, 0.717) is 30.6 Å². The second-order valence-corrected chi connectivity index (χ2v) is 11.0. The van der Waals surface area contributed by atoms with Crippen molar-refractivity contribution in [1.29, 1.82) is 0 Å². The van der Waals surface area contributed by atoms with Gasteiger partial charge in [-0.05, 0) is 86.3 Å². The molecule has 0 spiro atoms. The molecule has 1 saturated heterocycles. The maximum absolute atomic E-state index is 13.6. The highest BCUT2D eigenvalue weighted by molar-refractivity contribution is 5.93. The Bertz CT molecular complexity index is 921. The second-order valence-electron chi connectivity index (χ2n) is 11.0. The lowest BCUT2D eigenvalue weighted by Crippen LogP contribution is -2.60. The van der Waals surface area contributed by atoms with E-state index in [-0.39, 0.29) is 24.3 Å². The van der Waals surface area contributed by atoms with Crippen LogP contribution in [-0.4, -0.2) is 66.1 Å². The summed E-state index contributed by atoms with van der Waals surface area (Å²) in [5, 5.41) is 15.3. The molecule has 8 heteroatoms. The number of ether oxygens (including phenoxy) is 1. The van der Waals surface area contributed by atoms with Crippen molar-refractivity contribution in [1.82, 2.24) is 15.5 Å². The van der Waals surface area contributed by atoms with Crippen LogP contribution in [0.5, 0.6) is 5.75 Å². The molecular formula is C27H37N3O5. The maximum Gasteiger partial charge on any atom is 0.246 e. The van der Waals surface area contributed by atoms with Gasteiger partial charge in [0.2, 0.25) is 17.7 Å². The summed E-state index contributed by atoms with van der Waals surface area (Å²) in [6, 6.07) is 6.19. The van der Waals surface area contributed by atoms with Crippen LogP contribution in [0.25, 0.3) is 0 Å². The van der Waals surface area contributed by atoms with Gasteiger partial charge in [-0.15, -0.1) is 0 Å². The molecule has 5 fully saturated rings. The van der Waals surface area contributed by atoms with E-state index in [1.54, 1.807) is 12.0 Å². The number of rotatable bonds is 8. The number of benzene rings is 1. The van der Waals surface area contributed by atoms with Gasteiger partial charge in [0.15, 0.2) is 0 Å². The van der Waals surface area contributed by atoms with E-state index >= 15 is 0 Å². The fourth-order valence-electron chi connectivity index (χ4n) is 7.36. The molecule has 1 unspecified atom stereocenters. The van der Waals surface area contributed by atoms with E-state index in [0.717, 1.165) is 23.8 Å². The van der Waals surface area contributed by atoms with Gasteiger partial charge in [-0.2, -0.15) is 0 Å². The minimum absolute atomic E-state index is 0.0509. The van der Waals surface area contributed by atoms with Crippen molar-refractivity contribution in [3.8, 4) is 5.75 Å². The smallest absolute Gasteiger partial charge is 0.246 e. The second kappa shape index (κ2) is 10.2. The molecule has 2 atom stereocenters. The van der Waals surface area contributed by atoms with Crippen LogP contribution in [0.4, 0.5) is 0 Å². The average Bonchev–Trinajstić information content (AvgIpc) is 3.35. The molecule has 3 amide bonds. The van der Waals surface area contributed by atoms with E-state index in [9.17, 15) is 19.5 Å². The Morgan fingerprint density at radius 2 is 1.71 bits per heavy atom. The van der Waals surface area contributed by atoms with E-state index in [1.807, 2.05) is 24.3 Å². The number of nitrogens with zero attached hydrogens (tertiary/aromatic N) is 1. The quantitative estimate of drug-likeness (QED) is 0.521. The Morgan fingerprint density at radius 1 is 1.06 bits per heavy atom. The van der Waals surface area contributed by atoms with Crippen LogP contribution in [0.1, 0.15) is 50.5 Å². The molecule has 3 N–H and O–H groups in total. The molecule has 1 heterocycles. The molecule has 0 radical (unpaired) electrons. The third-order valence-electron chi connectivity index (χ3n) is 8.75. The number of hydrogen-bond acceptors (Lipinski definition) is 5. The van der Waals surface area contributed by atoms with Crippen molar-refractivity contribution >= 4 is 17.7 Å². The number of aliphatic hydroxyl groups is 1. The van der Waals surface area contributed by atoms with Crippen LogP contribution in [0, 0.1) is 23.7 Å². The molecule has 5 aliphatic rings. The van der Waals surface area contributed by atoms with Gasteiger partial charge < -0.3 is 25.4 Å². The van der Waals surface area contributed by atoms with Gasteiger partial charge in [0, 0.05) is 19.0 Å². The molecule has 1 aliphatic heterocycles. The Morgan fingerprint density at radius 3 is 2.31 bits per heavy atom. The highest BCUT2D eigenvalue weighted by atomic mass is 16.5. The summed E-state index contributed by atoms with van der Waals surface area (Å²) in [6.07, 6.45) is 7.93. The Kier molecular flexibility index (Phi) is 7.00. The van der Waals surface area contributed by atoms with Gasteiger partial charge in [0.05, 0.1) is 7.11 Å². The molecule has 8 nitrogen and oxygen atoms in total. The number of nitrogens with one attached hydrogen (secondary N) is 2. The van der Waals surface area contributed by atoms with Crippen LogP contribution >= 0.6 is 0 Å². The van der Waals surface area contributed by atoms with Crippen molar-refractivity contribution in [2.45, 2.75) is 69.5 Å². The van der Waals surface area contributed by atoms with Gasteiger partial charge in [0.25, 0.3) is 0 Å². The van der Waals surface area contributed by atoms with Gasteiger partial charge >= 0.3 is 0 Å². The fraction of sp³-hybridized carbons (Fsp3) is 0.667. The summed E-state index contributed by atoms with van der Waals surface area (Å²) < 4.78 is 5.20. The van der Waals surface area contributed by atoms with Gasteiger partial charge in [-0.3, -0.25) is 14.4 Å². The molecule has 4 bridgehead atoms. The van der Waals surface area contributed by atoms with Crippen LogP contribution in [0.2, 0.25) is 0 Å². The average molecular weight is 484 g/mol. The first-order chi connectivity index (χ1) is 16.9. The Hall–Kier alpha value is -2.61. The van der Waals surface area contributed by atoms with E-state index in [2.05, 4.69) is 10.6 Å². The van der Waals surface area contributed by atoms with Gasteiger partial charge in [-0.25, -0.2) is 0 Å². The van der Waals surface area contributed by atoms with Crippen LogP contribution in [0.15, 0.2) is 24.3 Å². The van der Waals surface area contributed by atoms with E-state index in [4.69, 9.17) is 4.74 Å². The lowest BCUT2D eigenvalue weighted by Gasteiger charge is -2.54. The SMILES string of the molecule is COc1ccc(CC(NC(=O)CO)C(=O)N2CCC[C@@H]2C(=O)NC2C3CC4CC(C3)CC2C4)cc1. The van der Waals surface area contributed by atoms with Gasteiger partial charge in [0.1, 0.15) is 24.4 Å². The van der Waals surface area contributed by atoms with Gasteiger partial charge in [-0.1, -0.05) is 12.1 Å². The zero-order chi connectivity index (χ0) is 24.5. The van der Waals surface area contributed by atoms with Crippen molar-refractivity contribution in [2.75, 3.05) is 20.3 Å². The summed E-state index contributed by atoms with van der Waals surface area (Å²) in [4.78, 5) is 40.7. The normalized spacial score (nSPS) is 31.8. The predicted molar refractivity (Wildman–Crippen MR) is 129 cm³/mol. The number of carbonyl (C=O) groups is 3. The topological polar surface area (TPSA) is 108 Å². The number of likely N-dealkylation sites (tertiary alicyclic amines) is 1. The lowest BCUT2D eigenvalue weighted by atomic mass is 9.54. The summed E-state index contributed by atoms with van der Waals surface area (Å²) in [6.45, 7) is -0.199. The standard InChI is InChI=1S/C27H37N3O5/c1-35-21-6-4-16(5-7-21)14-22(28-24(32)15-31)27(34)30-8-2-3-23(30)26(33)29-25-19-10-17-9-18(12-19)13-20(25)11-17/h4-7,17-20,22-23,25,31H,2-3,8-15H2,1H3,(H,28,32)(H,29,33)/t17?,18?,19?,20?,22?,23-,25?/m1/s1. The summed E-state index contributed by atoms with van der Waals surface area (Å²) in [5.41, 5.74) is 0.858. The van der Waals surface area contributed by atoms with Crippen molar-refractivity contribution in [2.24, 2.45) is 23.7 Å². The fourth-order valence-corrected chi connectivity index (χ4v) is 7.36. The largest absolute Gasteiger partial charge is 0.497 e. The maximum atomic E-state index is 13.6. The molecule has 0 aromatic heterocycles. The number of amides is 3. The van der Waals surface area contributed by atoms with Crippen molar-refractivity contribution < 1.29 is 24.2 Å². The third kappa shape index (κ3) is 5.03. The van der Waals surface area contributed by atoms with Crippen molar-refractivity contribution in [3.63, 3.8) is 0 Å². The zero-order valence-corrected chi connectivity index (χ0v) is 20.4. The minimum atomic E-state index is -0.849. The number of hydrogen-bond donors (Lipinski definition) is 3. The summed E-state index contributed by atoms with van der Waals surface area (Å²) in [5.74, 6) is 2.60. The molecule has 6 rings (SSSR count). The van der Waals surface area contributed by atoms with Crippen LogP contribution < -0.4 is 15.4 Å². The lowest BCUT2D eigenvalue weighted by molar-refractivity contribution is -0.142.